The lowest BCUT2D eigenvalue weighted by molar-refractivity contribution is -0.117. The van der Waals surface area contributed by atoms with Crippen LogP contribution in [0.15, 0.2) is 42.5 Å². The van der Waals surface area contributed by atoms with Gasteiger partial charge in [0.2, 0.25) is 15.9 Å². The summed E-state index contributed by atoms with van der Waals surface area (Å²) in [6, 6.07) is 12.2. The molecule has 1 amide bonds. The molecule has 2 aromatic carbocycles. The molecule has 0 spiro atoms. The predicted molar refractivity (Wildman–Crippen MR) is 112 cm³/mol. The molecule has 0 unspecified atom stereocenters. The molecule has 0 heterocycles. The maximum absolute atomic E-state index is 12.9. The average molecular weight is 389 g/mol. The molecule has 6 heteroatoms. The highest BCUT2D eigenvalue weighted by Gasteiger charge is 2.31. The summed E-state index contributed by atoms with van der Waals surface area (Å²) >= 11 is 0. The molecule has 1 N–H and O–H groups in total. The number of hydrogen-bond acceptors (Lipinski definition) is 3. The van der Waals surface area contributed by atoms with Crippen LogP contribution in [0.2, 0.25) is 0 Å². The Kier molecular flexibility index (Phi) is 6.65. The van der Waals surface area contributed by atoms with Crippen LogP contribution < -0.4 is 9.62 Å². The fraction of sp³-hybridized carbons (Fsp3) is 0.381. The lowest BCUT2D eigenvalue weighted by atomic mass is 10.1. The highest BCUT2D eigenvalue weighted by Crippen LogP contribution is 2.25. The number of anilines is 2. The molecular weight excluding hydrogens is 360 g/mol. The standard InChI is InChI=1S/C21H28N2O3S/c1-6-17-9-11-18(12-10-17)22-21(24)20(7-2)23(27(5,25)26)19-13-8-15(3)16(4)14-19/h8-14,20H,6-7H2,1-5H3,(H,22,24)/t20-/m1/s1. The van der Waals surface area contributed by atoms with E-state index in [-0.39, 0.29) is 5.91 Å². The Morgan fingerprint density at radius 3 is 2.15 bits per heavy atom. The Bertz CT molecular complexity index is 906. The minimum absolute atomic E-state index is 0.342. The van der Waals surface area contributed by atoms with Crippen LogP contribution in [0.1, 0.15) is 37.0 Å². The number of aryl methyl sites for hydroxylation is 3. The molecule has 0 saturated heterocycles. The van der Waals surface area contributed by atoms with Gasteiger partial charge in [0.15, 0.2) is 0 Å². The summed E-state index contributed by atoms with van der Waals surface area (Å²) in [5.74, 6) is -0.342. The number of benzene rings is 2. The summed E-state index contributed by atoms with van der Waals surface area (Å²) in [4.78, 5) is 12.9. The second-order valence-electron chi connectivity index (χ2n) is 6.79. The van der Waals surface area contributed by atoms with E-state index < -0.39 is 16.1 Å². The van der Waals surface area contributed by atoms with E-state index in [1.807, 2.05) is 57.2 Å². The molecule has 146 valence electrons. The van der Waals surface area contributed by atoms with E-state index in [9.17, 15) is 13.2 Å². The zero-order valence-electron chi connectivity index (χ0n) is 16.6. The number of hydrogen-bond donors (Lipinski definition) is 1. The van der Waals surface area contributed by atoms with Gasteiger partial charge >= 0.3 is 0 Å². The van der Waals surface area contributed by atoms with Gasteiger partial charge in [0.1, 0.15) is 6.04 Å². The van der Waals surface area contributed by atoms with Gasteiger partial charge in [-0.3, -0.25) is 9.10 Å². The first-order valence-corrected chi connectivity index (χ1v) is 11.0. The van der Waals surface area contributed by atoms with Crippen LogP contribution in [-0.2, 0) is 21.2 Å². The molecule has 0 aliphatic rings. The summed E-state index contributed by atoms with van der Waals surface area (Å²) in [5.41, 5.74) is 4.38. The number of nitrogens with zero attached hydrogens (tertiary/aromatic N) is 1. The van der Waals surface area contributed by atoms with Crippen molar-refractivity contribution >= 4 is 27.3 Å². The zero-order valence-corrected chi connectivity index (χ0v) is 17.4. The van der Waals surface area contributed by atoms with E-state index in [0.717, 1.165) is 23.8 Å². The topological polar surface area (TPSA) is 66.5 Å². The smallest absolute Gasteiger partial charge is 0.248 e. The summed E-state index contributed by atoms with van der Waals surface area (Å²) in [5, 5.41) is 2.85. The van der Waals surface area contributed by atoms with Gasteiger partial charge in [-0.05, 0) is 67.6 Å². The summed E-state index contributed by atoms with van der Waals surface area (Å²) < 4.78 is 26.2. The first-order chi connectivity index (χ1) is 12.7. The van der Waals surface area contributed by atoms with Crippen molar-refractivity contribution in [3.63, 3.8) is 0 Å². The van der Waals surface area contributed by atoms with Gasteiger partial charge in [-0.1, -0.05) is 32.0 Å². The van der Waals surface area contributed by atoms with Gasteiger partial charge in [-0.2, -0.15) is 0 Å². The summed E-state index contributed by atoms with van der Waals surface area (Å²) in [7, 11) is -3.63. The molecule has 2 rings (SSSR count). The maximum Gasteiger partial charge on any atom is 0.248 e. The largest absolute Gasteiger partial charge is 0.324 e. The van der Waals surface area contributed by atoms with Gasteiger partial charge in [-0.25, -0.2) is 8.42 Å². The molecule has 0 aliphatic carbocycles. The SMILES string of the molecule is CCc1ccc(NC(=O)[C@@H](CC)N(c2ccc(C)c(C)c2)S(C)(=O)=O)cc1. The van der Waals surface area contributed by atoms with Crippen molar-refractivity contribution in [3.8, 4) is 0 Å². The van der Waals surface area contributed by atoms with Crippen LogP contribution in [0.4, 0.5) is 11.4 Å². The van der Waals surface area contributed by atoms with Gasteiger partial charge in [0, 0.05) is 5.69 Å². The van der Waals surface area contributed by atoms with Crippen molar-refractivity contribution in [1.29, 1.82) is 0 Å². The third-order valence-electron chi connectivity index (χ3n) is 4.70. The molecule has 0 saturated carbocycles. The van der Waals surface area contributed by atoms with Gasteiger partial charge in [0.25, 0.3) is 0 Å². The van der Waals surface area contributed by atoms with E-state index in [1.165, 1.54) is 9.87 Å². The van der Waals surface area contributed by atoms with E-state index in [4.69, 9.17) is 0 Å². The Hall–Kier alpha value is -2.34. The molecule has 5 nitrogen and oxygen atoms in total. The molecular formula is C21H28N2O3S. The van der Waals surface area contributed by atoms with Crippen LogP contribution in [-0.4, -0.2) is 26.6 Å². The highest BCUT2D eigenvalue weighted by molar-refractivity contribution is 7.92. The first kappa shape index (κ1) is 21.0. The van der Waals surface area contributed by atoms with E-state index >= 15 is 0 Å². The third kappa shape index (κ3) is 5.10. The monoisotopic (exact) mass is 388 g/mol. The molecule has 2 aromatic rings. The van der Waals surface area contributed by atoms with E-state index in [2.05, 4.69) is 12.2 Å². The molecule has 0 bridgehead atoms. The molecule has 0 aromatic heterocycles. The van der Waals surface area contributed by atoms with Crippen LogP contribution in [0.5, 0.6) is 0 Å². The Morgan fingerprint density at radius 1 is 1.04 bits per heavy atom. The molecule has 27 heavy (non-hydrogen) atoms. The Morgan fingerprint density at radius 2 is 1.67 bits per heavy atom. The lowest BCUT2D eigenvalue weighted by Crippen LogP contribution is -2.47. The predicted octanol–water partition coefficient (Wildman–Crippen LogP) is 4.05. The fourth-order valence-corrected chi connectivity index (χ4v) is 4.18. The number of rotatable bonds is 7. The molecule has 0 aliphatic heterocycles. The Balaban J connectivity index is 2.36. The van der Waals surface area contributed by atoms with Gasteiger partial charge in [-0.15, -0.1) is 0 Å². The number of carbonyl (C=O) groups is 1. The van der Waals surface area contributed by atoms with Crippen molar-refractivity contribution in [1.82, 2.24) is 0 Å². The molecule has 1 atom stereocenters. The lowest BCUT2D eigenvalue weighted by Gasteiger charge is -2.30. The van der Waals surface area contributed by atoms with Crippen molar-refractivity contribution in [2.45, 2.75) is 46.6 Å². The van der Waals surface area contributed by atoms with Crippen molar-refractivity contribution in [2.24, 2.45) is 0 Å². The van der Waals surface area contributed by atoms with Crippen molar-refractivity contribution in [2.75, 3.05) is 15.9 Å². The minimum atomic E-state index is -3.63. The van der Waals surface area contributed by atoms with Crippen LogP contribution in [0.3, 0.4) is 0 Å². The van der Waals surface area contributed by atoms with Crippen molar-refractivity contribution in [3.05, 3.63) is 59.2 Å². The second kappa shape index (κ2) is 8.57. The van der Waals surface area contributed by atoms with Crippen LogP contribution in [0, 0.1) is 13.8 Å². The van der Waals surface area contributed by atoms with Crippen LogP contribution in [0.25, 0.3) is 0 Å². The van der Waals surface area contributed by atoms with E-state index in [1.54, 1.807) is 6.07 Å². The third-order valence-corrected chi connectivity index (χ3v) is 5.88. The van der Waals surface area contributed by atoms with E-state index in [0.29, 0.717) is 17.8 Å². The number of nitrogens with one attached hydrogen (secondary N) is 1. The second-order valence-corrected chi connectivity index (χ2v) is 8.65. The maximum atomic E-state index is 12.9. The first-order valence-electron chi connectivity index (χ1n) is 9.13. The Labute approximate surface area is 162 Å². The molecule has 0 fully saturated rings. The van der Waals surface area contributed by atoms with Gasteiger partial charge < -0.3 is 5.32 Å². The average Bonchev–Trinajstić information content (AvgIpc) is 2.61. The quantitative estimate of drug-likeness (QED) is 0.778. The zero-order chi connectivity index (χ0) is 20.2. The normalized spacial score (nSPS) is 12.5. The molecule has 0 radical (unpaired) electrons. The number of sulfonamides is 1. The minimum Gasteiger partial charge on any atom is -0.324 e. The summed E-state index contributed by atoms with van der Waals surface area (Å²) in [6.07, 6.45) is 2.41. The number of amides is 1. The fourth-order valence-electron chi connectivity index (χ4n) is 2.97. The highest BCUT2D eigenvalue weighted by atomic mass is 32.2. The van der Waals surface area contributed by atoms with Gasteiger partial charge in [0.05, 0.1) is 11.9 Å². The van der Waals surface area contributed by atoms with Crippen LogP contribution >= 0.6 is 0 Å². The summed E-state index contributed by atoms with van der Waals surface area (Å²) in [6.45, 7) is 7.77. The number of carbonyl (C=O) groups excluding carboxylic acids is 1. The van der Waals surface area contributed by atoms with Crippen molar-refractivity contribution < 1.29 is 13.2 Å².